The number of nitrogens with one attached hydrogen (secondary N) is 2. The molecule has 8 nitrogen and oxygen atoms in total. The van der Waals surface area contributed by atoms with Crippen molar-refractivity contribution in [2.75, 3.05) is 39.7 Å². The van der Waals surface area contributed by atoms with Crippen molar-refractivity contribution in [2.24, 2.45) is 0 Å². The van der Waals surface area contributed by atoms with Crippen LogP contribution in [0.3, 0.4) is 0 Å². The maximum atomic E-state index is 12.6. The lowest BCUT2D eigenvalue weighted by Gasteiger charge is -2.22. The van der Waals surface area contributed by atoms with Gasteiger partial charge >= 0.3 is 0 Å². The topological polar surface area (TPSA) is 86.6 Å². The number of anilines is 1. The minimum Gasteiger partial charge on any atom is -0.494 e. The Balaban J connectivity index is 1.78. The first-order chi connectivity index (χ1) is 12.7. The van der Waals surface area contributed by atoms with E-state index in [0.717, 1.165) is 25.9 Å². The van der Waals surface area contributed by atoms with Gasteiger partial charge < -0.3 is 24.8 Å². The van der Waals surface area contributed by atoms with Crippen LogP contribution >= 0.6 is 0 Å². The molecule has 1 unspecified atom stereocenters. The van der Waals surface area contributed by atoms with Crippen molar-refractivity contribution in [2.45, 2.75) is 18.9 Å². The Morgan fingerprint density at radius 1 is 1.19 bits per heavy atom. The Morgan fingerprint density at radius 3 is 2.58 bits per heavy atom. The maximum Gasteiger partial charge on any atom is 0.276 e. The molecule has 2 aromatic rings. The summed E-state index contributed by atoms with van der Waals surface area (Å²) < 4.78 is 17.7. The van der Waals surface area contributed by atoms with E-state index in [0.29, 0.717) is 28.6 Å². The van der Waals surface area contributed by atoms with Gasteiger partial charge in [-0.2, -0.15) is 5.10 Å². The molecule has 26 heavy (non-hydrogen) atoms. The van der Waals surface area contributed by atoms with E-state index in [9.17, 15) is 4.79 Å². The highest BCUT2D eigenvalue weighted by molar-refractivity contribution is 6.03. The molecule has 1 aromatic carbocycles. The number of carbonyl (C=O) groups is 1. The number of piperidine rings is 1. The van der Waals surface area contributed by atoms with Gasteiger partial charge in [-0.05, 0) is 25.5 Å². The summed E-state index contributed by atoms with van der Waals surface area (Å²) in [5.74, 6) is 1.20. The summed E-state index contributed by atoms with van der Waals surface area (Å²) in [6.07, 6.45) is 4.01. The Bertz CT molecular complexity index is 769. The van der Waals surface area contributed by atoms with Crippen molar-refractivity contribution in [3.8, 4) is 17.2 Å². The van der Waals surface area contributed by atoms with E-state index in [1.165, 1.54) is 14.2 Å². The molecule has 0 aliphatic carbocycles. The van der Waals surface area contributed by atoms with Gasteiger partial charge in [-0.15, -0.1) is 0 Å². The van der Waals surface area contributed by atoms with Crippen molar-refractivity contribution >= 4 is 11.6 Å². The van der Waals surface area contributed by atoms with Crippen LogP contribution in [0.2, 0.25) is 0 Å². The fourth-order valence-corrected chi connectivity index (χ4v) is 3.03. The van der Waals surface area contributed by atoms with Gasteiger partial charge in [0.05, 0.1) is 33.1 Å². The molecule has 0 radical (unpaired) electrons. The Kier molecular flexibility index (Phi) is 5.62. The molecule has 0 saturated carbocycles. The number of hydrogen-bond donors (Lipinski definition) is 2. The number of carbonyl (C=O) groups excluding carboxylic acids is 1. The highest BCUT2D eigenvalue weighted by Gasteiger charge is 2.19. The van der Waals surface area contributed by atoms with Gasteiger partial charge in [-0.25, -0.2) is 0 Å². The molecule has 1 fully saturated rings. The molecule has 1 saturated heterocycles. The number of aromatic nitrogens is 2. The first-order valence-corrected chi connectivity index (χ1v) is 8.53. The van der Waals surface area contributed by atoms with Crippen LogP contribution < -0.4 is 24.8 Å². The molecular formula is C18H24N4O4. The van der Waals surface area contributed by atoms with Gasteiger partial charge in [0.1, 0.15) is 5.75 Å². The summed E-state index contributed by atoms with van der Waals surface area (Å²) in [6.45, 7) is 1.90. The predicted molar refractivity (Wildman–Crippen MR) is 97.4 cm³/mol. The average Bonchev–Trinajstić information content (AvgIpc) is 3.18. The van der Waals surface area contributed by atoms with Crippen molar-refractivity contribution < 1.29 is 19.0 Å². The lowest BCUT2D eigenvalue weighted by molar-refractivity contribution is 0.102. The summed E-state index contributed by atoms with van der Waals surface area (Å²) in [7, 11) is 4.61. The minimum atomic E-state index is -0.307. The monoisotopic (exact) mass is 360 g/mol. The van der Waals surface area contributed by atoms with Gasteiger partial charge in [0.2, 0.25) is 0 Å². The minimum absolute atomic E-state index is 0.279. The molecule has 140 valence electrons. The van der Waals surface area contributed by atoms with Crippen LogP contribution in [0.25, 0.3) is 0 Å². The normalized spacial score (nSPS) is 16.8. The Morgan fingerprint density at radius 2 is 1.92 bits per heavy atom. The van der Waals surface area contributed by atoms with Gasteiger partial charge in [0.15, 0.2) is 17.2 Å². The van der Waals surface area contributed by atoms with Crippen LogP contribution in [0.1, 0.15) is 29.4 Å². The first-order valence-electron chi connectivity index (χ1n) is 8.53. The summed E-state index contributed by atoms with van der Waals surface area (Å²) in [6, 6.07) is 5.33. The summed E-state index contributed by atoms with van der Waals surface area (Å²) in [5, 5.41) is 10.6. The number of rotatable bonds is 6. The molecule has 1 atom stereocenters. The van der Waals surface area contributed by atoms with E-state index in [-0.39, 0.29) is 11.9 Å². The third-order valence-corrected chi connectivity index (χ3v) is 4.44. The lowest BCUT2D eigenvalue weighted by Crippen LogP contribution is -2.32. The molecule has 1 amide bonds. The molecule has 2 heterocycles. The van der Waals surface area contributed by atoms with Gasteiger partial charge in [0.25, 0.3) is 5.91 Å². The summed E-state index contributed by atoms with van der Waals surface area (Å²) in [5.41, 5.74) is 0.844. The number of benzene rings is 1. The highest BCUT2D eigenvalue weighted by atomic mass is 16.5. The van der Waals surface area contributed by atoms with E-state index in [1.807, 2.05) is 10.9 Å². The third-order valence-electron chi connectivity index (χ3n) is 4.44. The fourth-order valence-electron chi connectivity index (χ4n) is 3.03. The van der Waals surface area contributed by atoms with Crippen LogP contribution in [0.4, 0.5) is 5.69 Å². The fraction of sp³-hybridized carbons (Fsp3) is 0.444. The largest absolute Gasteiger partial charge is 0.494 e. The Hall–Kier alpha value is -2.74. The third kappa shape index (κ3) is 3.75. The molecule has 0 bridgehead atoms. The number of methoxy groups -OCH3 is 3. The first kappa shape index (κ1) is 18.1. The van der Waals surface area contributed by atoms with Gasteiger partial charge in [-0.3, -0.25) is 9.48 Å². The second-order valence-electron chi connectivity index (χ2n) is 6.04. The van der Waals surface area contributed by atoms with E-state index >= 15 is 0 Å². The number of amides is 1. The predicted octanol–water partition coefficient (Wildman–Crippen LogP) is 2.09. The summed E-state index contributed by atoms with van der Waals surface area (Å²) >= 11 is 0. The van der Waals surface area contributed by atoms with Crippen LogP contribution in [0, 0.1) is 0 Å². The molecule has 2 N–H and O–H groups in total. The second-order valence-corrected chi connectivity index (χ2v) is 6.04. The van der Waals surface area contributed by atoms with Gasteiger partial charge in [-0.1, -0.05) is 0 Å². The van der Waals surface area contributed by atoms with Crippen LogP contribution in [0.5, 0.6) is 17.2 Å². The molecule has 1 aliphatic rings. The standard InChI is InChI=1S/C18H24N4O4/c1-24-15-10-17(26-3)16(25-2)9-14(15)20-18(23)13-6-8-22(21-13)12-5-4-7-19-11-12/h6,8-10,12,19H,4-5,7,11H2,1-3H3,(H,20,23). The van der Waals surface area contributed by atoms with Crippen LogP contribution in [-0.2, 0) is 0 Å². The van der Waals surface area contributed by atoms with Crippen molar-refractivity contribution in [1.29, 1.82) is 0 Å². The quantitative estimate of drug-likeness (QED) is 0.820. The highest BCUT2D eigenvalue weighted by Crippen LogP contribution is 2.37. The average molecular weight is 360 g/mol. The molecule has 1 aliphatic heterocycles. The summed E-state index contributed by atoms with van der Waals surface area (Å²) in [4.78, 5) is 12.6. The SMILES string of the molecule is COc1cc(OC)c(OC)cc1NC(=O)c1ccn(C2CCCNC2)n1. The molecule has 1 aromatic heterocycles. The zero-order valence-corrected chi connectivity index (χ0v) is 15.2. The van der Waals surface area contributed by atoms with E-state index < -0.39 is 0 Å². The van der Waals surface area contributed by atoms with E-state index in [1.54, 1.807) is 25.3 Å². The zero-order chi connectivity index (χ0) is 18.5. The smallest absolute Gasteiger partial charge is 0.276 e. The molecular weight excluding hydrogens is 336 g/mol. The van der Waals surface area contributed by atoms with E-state index in [4.69, 9.17) is 14.2 Å². The molecule has 3 rings (SSSR count). The number of hydrogen-bond acceptors (Lipinski definition) is 6. The van der Waals surface area contributed by atoms with Crippen molar-refractivity contribution in [1.82, 2.24) is 15.1 Å². The molecule has 8 heteroatoms. The number of nitrogens with zero attached hydrogens (tertiary/aromatic N) is 2. The molecule has 0 spiro atoms. The van der Waals surface area contributed by atoms with Gasteiger partial charge in [0, 0.05) is 24.9 Å². The van der Waals surface area contributed by atoms with Crippen molar-refractivity contribution in [3.63, 3.8) is 0 Å². The van der Waals surface area contributed by atoms with E-state index in [2.05, 4.69) is 15.7 Å². The van der Waals surface area contributed by atoms with Crippen LogP contribution in [-0.4, -0.2) is 50.1 Å². The number of ether oxygens (including phenoxy) is 3. The maximum absolute atomic E-state index is 12.6. The van der Waals surface area contributed by atoms with Crippen LogP contribution in [0.15, 0.2) is 24.4 Å². The zero-order valence-electron chi connectivity index (χ0n) is 15.2. The Labute approximate surface area is 152 Å². The van der Waals surface area contributed by atoms with Crippen molar-refractivity contribution in [3.05, 3.63) is 30.1 Å². The second kappa shape index (κ2) is 8.09. The lowest BCUT2D eigenvalue weighted by atomic mass is 10.1.